The maximum absolute atomic E-state index is 11.2. The first-order chi connectivity index (χ1) is 8.29. The number of hydrogen-bond acceptors (Lipinski definition) is 6. The molecule has 1 aliphatic rings. The lowest BCUT2D eigenvalue weighted by Crippen LogP contribution is -2.45. The zero-order valence-electron chi connectivity index (χ0n) is 9.77. The molecule has 0 amide bonds. The fourth-order valence-electron chi connectivity index (χ4n) is 1.61. The first-order valence-electron chi connectivity index (χ1n) is 5.51. The molecule has 2 heterocycles. The van der Waals surface area contributed by atoms with Crippen molar-refractivity contribution in [2.75, 3.05) is 33.4 Å². The summed E-state index contributed by atoms with van der Waals surface area (Å²) in [5.41, 5.74) is 3.65. The van der Waals surface area contributed by atoms with Gasteiger partial charge >= 0.3 is 5.97 Å². The lowest BCUT2D eigenvalue weighted by atomic mass is 10.3. The maximum Gasteiger partial charge on any atom is 0.341 e. The van der Waals surface area contributed by atoms with Gasteiger partial charge in [0.1, 0.15) is 12.0 Å². The Hall–Kier alpha value is -1.37. The minimum absolute atomic E-state index is 0.383. The molecule has 2 rings (SSSR count). The number of carbonyl (C=O) groups is 1. The van der Waals surface area contributed by atoms with E-state index >= 15 is 0 Å². The monoisotopic (exact) mass is 240 g/mol. The molecule has 0 aromatic carbocycles. The quantitative estimate of drug-likeness (QED) is 0.769. The van der Waals surface area contributed by atoms with E-state index in [1.807, 2.05) is 0 Å². The summed E-state index contributed by atoms with van der Waals surface area (Å²) in [4.78, 5) is 11.2. The molecule has 94 valence electrons. The highest BCUT2D eigenvalue weighted by Gasteiger charge is 2.12. The van der Waals surface area contributed by atoms with Gasteiger partial charge in [-0.2, -0.15) is 0 Å². The predicted molar refractivity (Wildman–Crippen MR) is 59.3 cm³/mol. The van der Waals surface area contributed by atoms with Crippen molar-refractivity contribution in [3.8, 4) is 0 Å². The fraction of sp³-hybridized carbons (Fsp3) is 0.545. The molecule has 0 bridgehead atoms. The van der Waals surface area contributed by atoms with Gasteiger partial charge in [-0.3, -0.25) is 0 Å². The van der Waals surface area contributed by atoms with Gasteiger partial charge in [-0.25, -0.2) is 15.2 Å². The molecule has 0 spiro atoms. The number of carbonyl (C=O) groups excluding carboxylic acids is 1. The number of nitrogens with one attached hydrogen (secondary N) is 1. The summed E-state index contributed by atoms with van der Waals surface area (Å²) in [5, 5.41) is 2.07. The van der Waals surface area contributed by atoms with Gasteiger partial charge in [0.2, 0.25) is 0 Å². The molecule has 6 heteroatoms. The Bertz CT molecular complexity index is 371. The minimum atomic E-state index is -0.383. The van der Waals surface area contributed by atoms with Crippen LogP contribution < -0.4 is 5.43 Å². The van der Waals surface area contributed by atoms with Crippen molar-refractivity contribution in [2.24, 2.45) is 0 Å². The van der Waals surface area contributed by atoms with Crippen LogP contribution in [0.5, 0.6) is 0 Å². The molecule has 6 nitrogen and oxygen atoms in total. The van der Waals surface area contributed by atoms with E-state index in [1.165, 1.54) is 13.4 Å². The normalized spacial score (nSPS) is 17.0. The number of hydrazine groups is 1. The van der Waals surface area contributed by atoms with Crippen LogP contribution in [0.3, 0.4) is 0 Å². The fourth-order valence-corrected chi connectivity index (χ4v) is 1.61. The van der Waals surface area contributed by atoms with E-state index < -0.39 is 0 Å². The molecular weight excluding hydrogens is 224 g/mol. The summed E-state index contributed by atoms with van der Waals surface area (Å²) in [6.45, 7) is 3.73. The molecule has 0 unspecified atom stereocenters. The molecule has 1 saturated heterocycles. The molecule has 1 aliphatic heterocycles. The van der Waals surface area contributed by atoms with E-state index in [4.69, 9.17) is 9.15 Å². The summed E-state index contributed by atoms with van der Waals surface area (Å²) in [6.07, 6.45) is 1.40. The zero-order valence-corrected chi connectivity index (χ0v) is 9.77. The summed E-state index contributed by atoms with van der Waals surface area (Å²) >= 11 is 0. The van der Waals surface area contributed by atoms with E-state index in [1.54, 1.807) is 6.07 Å². The summed E-state index contributed by atoms with van der Waals surface area (Å²) in [5.74, 6) is 0.322. The number of hydrogen-bond donors (Lipinski definition) is 1. The van der Waals surface area contributed by atoms with E-state index in [9.17, 15) is 4.79 Å². The highest BCUT2D eigenvalue weighted by atomic mass is 16.5. The van der Waals surface area contributed by atoms with Crippen LogP contribution in [0, 0.1) is 0 Å². The standard InChI is InChI=1S/C11H16N2O4/c1-15-11(14)9-6-10(17-8-9)7-12-13-2-4-16-5-3-13/h6,8,12H,2-5,7H2,1H3. The van der Waals surface area contributed by atoms with Crippen molar-refractivity contribution in [3.05, 3.63) is 23.7 Å². The number of morpholine rings is 1. The Balaban J connectivity index is 1.82. The molecule has 0 aliphatic carbocycles. The average molecular weight is 240 g/mol. The molecule has 1 N–H and O–H groups in total. The molecule has 0 radical (unpaired) electrons. The van der Waals surface area contributed by atoms with E-state index in [2.05, 4.69) is 15.2 Å². The maximum atomic E-state index is 11.2. The van der Waals surface area contributed by atoms with E-state index in [-0.39, 0.29) is 5.97 Å². The third kappa shape index (κ3) is 3.29. The van der Waals surface area contributed by atoms with Gasteiger partial charge in [0.25, 0.3) is 0 Å². The van der Waals surface area contributed by atoms with Gasteiger partial charge in [-0.05, 0) is 6.07 Å². The van der Waals surface area contributed by atoms with Gasteiger partial charge in [0.05, 0.1) is 32.4 Å². The third-order valence-corrected chi connectivity index (χ3v) is 2.56. The van der Waals surface area contributed by atoms with Crippen molar-refractivity contribution < 1.29 is 18.7 Å². The van der Waals surface area contributed by atoms with Crippen molar-refractivity contribution in [1.29, 1.82) is 0 Å². The van der Waals surface area contributed by atoms with Crippen LogP contribution in [0.4, 0.5) is 0 Å². The second-order valence-corrected chi connectivity index (χ2v) is 3.73. The number of nitrogens with zero attached hydrogens (tertiary/aromatic N) is 1. The Labute approximate surface area is 99.4 Å². The third-order valence-electron chi connectivity index (χ3n) is 2.56. The number of rotatable bonds is 4. The lowest BCUT2D eigenvalue weighted by molar-refractivity contribution is 0.00945. The van der Waals surface area contributed by atoms with Crippen LogP contribution in [0.2, 0.25) is 0 Å². The topological polar surface area (TPSA) is 63.9 Å². The zero-order chi connectivity index (χ0) is 12.1. The summed E-state index contributed by atoms with van der Waals surface area (Å²) < 4.78 is 15.1. The van der Waals surface area contributed by atoms with E-state index in [0.717, 1.165) is 26.3 Å². The van der Waals surface area contributed by atoms with Crippen molar-refractivity contribution in [3.63, 3.8) is 0 Å². The van der Waals surface area contributed by atoms with Crippen LogP contribution in [0.25, 0.3) is 0 Å². The first kappa shape index (κ1) is 12.1. The molecule has 1 fully saturated rings. The second kappa shape index (κ2) is 5.81. The highest BCUT2D eigenvalue weighted by molar-refractivity contribution is 5.88. The number of esters is 1. The molecular formula is C11H16N2O4. The van der Waals surface area contributed by atoms with Crippen LogP contribution >= 0.6 is 0 Å². The molecule has 1 aromatic heterocycles. The molecule has 0 atom stereocenters. The Morgan fingerprint density at radius 2 is 2.29 bits per heavy atom. The largest absolute Gasteiger partial charge is 0.467 e. The Morgan fingerprint density at radius 1 is 1.53 bits per heavy atom. The Kier molecular flexibility index (Phi) is 4.13. The lowest BCUT2D eigenvalue weighted by Gasteiger charge is -2.26. The molecule has 17 heavy (non-hydrogen) atoms. The van der Waals surface area contributed by atoms with Gasteiger partial charge in [-0.1, -0.05) is 0 Å². The minimum Gasteiger partial charge on any atom is -0.467 e. The SMILES string of the molecule is COC(=O)c1coc(CNN2CCOCC2)c1. The smallest absolute Gasteiger partial charge is 0.341 e. The van der Waals surface area contributed by atoms with Crippen LogP contribution in [0.1, 0.15) is 16.1 Å². The van der Waals surface area contributed by atoms with Gasteiger partial charge in [0.15, 0.2) is 0 Å². The Morgan fingerprint density at radius 3 is 3.00 bits per heavy atom. The van der Waals surface area contributed by atoms with Crippen LogP contribution in [-0.4, -0.2) is 44.4 Å². The van der Waals surface area contributed by atoms with Gasteiger partial charge < -0.3 is 13.9 Å². The summed E-state index contributed by atoms with van der Waals surface area (Å²) in [6, 6.07) is 1.68. The molecule has 0 saturated carbocycles. The average Bonchev–Trinajstić information content (AvgIpc) is 2.85. The van der Waals surface area contributed by atoms with Crippen molar-refractivity contribution in [1.82, 2.24) is 10.4 Å². The van der Waals surface area contributed by atoms with Gasteiger partial charge in [-0.15, -0.1) is 0 Å². The van der Waals surface area contributed by atoms with Crippen molar-refractivity contribution >= 4 is 5.97 Å². The first-order valence-corrected chi connectivity index (χ1v) is 5.51. The molecule has 1 aromatic rings. The number of methoxy groups -OCH3 is 1. The van der Waals surface area contributed by atoms with Crippen molar-refractivity contribution in [2.45, 2.75) is 6.54 Å². The van der Waals surface area contributed by atoms with Crippen LogP contribution in [0.15, 0.2) is 16.7 Å². The number of ether oxygens (including phenoxy) is 2. The highest BCUT2D eigenvalue weighted by Crippen LogP contribution is 2.09. The van der Waals surface area contributed by atoms with E-state index in [0.29, 0.717) is 17.9 Å². The summed E-state index contributed by atoms with van der Waals surface area (Å²) in [7, 11) is 1.35. The predicted octanol–water partition coefficient (Wildman–Crippen LogP) is 0.403. The van der Waals surface area contributed by atoms with Gasteiger partial charge in [0, 0.05) is 13.1 Å². The second-order valence-electron chi connectivity index (χ2n) is 3.73. The van der Waals surface area contributed by atoms with Crippen LogP contribution in [-0.2, 0) is 16.0 Å². The number of furan rings is 1.